The predicted octanol–water partition coefficient (Wildman–Crippen LogP) is 2.61. The lowest BCUT2D eigenvalue weighted by Gasteiger charge is -2.13. The number of hydrogen-bond donors (Lipinski definition) is 1. The molecule has 0 saturated heterocycles. The van der Waals surface area contributed by atoms with Crippen LogP contribution in [0.25, 0.3) is 0 Å². The summed E-state index contributed by atoms with van der Waals surface area (Å²) in [5.41, 5.74) is 0.746. The van der Waals surface area contributed by atoms with Gasteiger partial charge in [0.2, 0.25) is 11.8 Å². The molecule has 1 aliphatic heterocycles. The Morgan fingerprint density at radius 2 is 2.17 bits per heavy atom. The number of nitrogens with zero attached hydrogens (tertiary/aromatic N) is 2. The van der Waals surface area contributed by atoms with Crippen LogP contribution in [0.4, 0.5) is 0 Å². The standard InChI is InChI=1S/C16H18ClN3O4/c1-9(16-19-10(2)20-24-16)18-14(21)8-11-6-12(17)15-13(7-11)22-4-3-5-23-15/h6-7,9H,3-5,8H2,1-2H3,(H,18,21)/t9-/m1/s1. The number of halogens is 1. The maximum atomic E-state index is 12.2. The van der Waals surface area contributed by atoms with Gasteiger partial charge in [-0.2, -0.15) is 4.98 Å². The summed E-state index contributed by atoms with van der Waals surface area (Å²) in [7, 11) is 0. The molecule has 2 aromatic rings. The van der Waals surface area contributed by atoms with Gasteiger partial charge in [0.05, 0.1) is 24.7 Å². The number of nitrogens with one attached hydrogen (secondary N) is 1. The van der Waals surface area contributed by atoms with Gasteiger partial charge in [-0.1, -0.05) is 16.8 Å². The fourth-order valence-electron chi connectivity index (χ4n) is 2.41. The molecule has 0 unspecified atom stereocenters. The summed E-state index contributed by atoms with van der Waals surface area (Å²) in [4.78, 5) is 16.3. The summed E-state index contributed by atoms with van der Waals surface area (Å²) >= 11 is 6.24. The molecule has 1 aromatic carbocycles. The van der Waals surface area contributed by atoms with Crippen molar-refractivity contribution in [3.05, 3.63) is 34.4 Å². The number of aromatic nitrogens is 2. The molecule has 2 heterocycles. The van der Waals surface area contributed by atoms with Crippen molar-refractivity contribution < 1.29 is 18.8 Å². The summed E-state index contributed by atoms with van der Waals surface area (Å²) in [6.07, 6.45) is 0.954. The number of hydrogen-bond acceptors (Lipinski definition) is 6. The van der Waals surface area contributed by atoms with Crippen molar-refractivity contribution in [3.63, 3.8) is 0 Å². The van der Waals surface area contributed by atoms with E-state index in [1.807, 2.05) is 0 Å². The summed E-state index contributed by atoms with van der Waals surface area (Å²) in [6, 6.07) is 3.14. The normalized spacial score (nSPS) is 14.8. The zero-order chi connectivity index (χ0) is 17.1. The summed E-state index contributed by atoms with van der Waals surface area (Å²) in [5, 5.41) is 6.97. The molecule has 7 nitrogen and oxygen atoms in total. The van der Waals surface area contributed by atoms with Gasteiger partial charge in [-0.05, 0) is 31.5 Å². The molecular weight excluding hydrogens is 334 g/mol. The first kappa shape index (κ1) is 16.6. The highest BCUT2D eigenvalue weighted by molar-refractivity contribution is 6.32. The van der Waals surface area contributed by atoms with Crippen LogP contribution in [0.3, 0.4) is 0 Å². The van der Waals surface area contributed by atoms with Crippen LogP contribution < -0.4 is 14.8 Å². The van der Waals surface area contributed by atoms with E-state index in [4.69, 9.17) is 25.6 Å². The van der Waals surface area contributed by atoms with E-state index in [0.717, 1.165) is 12.0 Å². The van der Waals surface area contributed by atoms with E-state index >= 15 is 0 Å². The minimum absolute atomic E-state index is 0.161. The molecule has 0 radical (unpaired) electrons. The topological polar surface area (TPSA) is 86.5 Å². The van der Waals surface area contributed by atoms with E-state index in [0.29, 0.717) is 41.5 Å². The maximum absolute atomic E-state index is 12.2. The minimum atomic E-state index is -0.366. The Hall–Kier alpha value is -2.28. The molecule has 1 atom stereocenters. The molecule has 0 aliphatic carbocycles. The Kier molecular flexibility index (Phi) is 4.89. The molecule has 3 rings (SSSR count). The quantitative estimate of drug-likeness (QED) is 0.911. The SMILES string of the molecule is Cc1noc([C@@H](C)NC(=O)Cc2cc(Cl)c3c(c2)OCCCO3)n1. The summed E-state index contributed by atoms with van der Waals surface area (Å²) in [6.45, 7) is 4.63. The highest BCUT2D eigenvalue weighted by atomic mass is 35.5. The first-order valence-electron chi connectivity index (χ1n) is 7.70. The lowest BCUT2D eigenvalue weighted by molar-refractivity contribution is -0.121. The van der Waals surface area contributed by atoms with Crippen molar-refractivity contribution in [2.45, 2.75) is 32.7 Å². The second-order valence-electron chi connectivity index (χ2n) is 5.60. The number of aryl methyl sites for hydroxylation is 1. The molecule has 128 valence electrons. The Labute approximate surface area is 144 Å². The smallest absolute Gasteiger partial charge is 0.248 e. The molecule has 0 bridgehead atoms. The van der Waals surface area contributed by atoms with Crippen molar-refractivity contribution in [1.29, 1.82) is 0 Å². The number of benzene rings is 1. The van der Waals surface area contributed by atoms with Crippen LogP contribution in [-0.4, -0.2) is 29.3 Å². The highest BCUT2D eigenvalue weighted by Gasteiger charge is 2.19. The number of rotatable bonds is 4. The van der Waals surface area contributed by atoms with E-state index in [1.54, 1.807) is 26.0 Å². The third-order valence-corrected chi connectivity index (χ3v) is 3.80. The van der Waals surface area contributed by atoms with Crippen LogP contribution in [0, 0.1) is 6.92 Å². The predicted molar refractivity (Wildman–Crippen MR) is 86.4 cm³/mol. The van der Waals surface area contributed by atoms with Gasteiger partial charge in [-0.25, -0.2) is 0 Å². The molecule has 1 aromatic heterocycles. The molecule has 24 heavy (non-hydrogen) atoms. The van der Waals surface area contributed by atoms with Gasteiger partial charge in [0.1, 0.15) is 6.04 Å². The van der Waals surface area contributed by atoms with Crippen LogP contribution in [-0.2, 0) is 11.2 Å². The van der Waals surface area contributed by atoms with Gasteiger partial charge in [0.15, 0.2) is 17.3 Å². The number of carbonyl (C=O) groups excluding carboxylic acids is 1. The van der Waals surface area contributed by atoms with E-state index in [1.165, 1.54) is 0 Å². The highest BCUT2D eigenvalue weighted by Crippen LogP contribution is 2.38. The molecule has 0 spiro atoms. The van der Waals surface area contributed by atoms with E-state index in [2.05, 4.69) is 15.5 Å². The van der Waals surface area contributed by atoms with Gasteiger partial charge in [-0.3, -0.25) is 4.79 Å². The van der Waals surface area contributed by atoms with Gasteiger partial charge < -0.3 is 19.3 Å². The number of carbonyl (C=O) groups is 1. The average Bonchev–Trinajstić information content (AvgIpc) is 2.81. The van der Waals surface area contributed by atoms with Crippen LogP contribution >= 0.6 is 11.6 Å². The molecular formula is C16H18ClN3O4. The first-order valence-corrected chi connectivity index (χ1v) is 8.08. The van der Waals surface area contributed by atoms with Crippen molar-refractivity contribution in [2.75, 3.05) is 13.2 Å². The Bertz CT molecular complexity index is 747. The van der Waals surface area contributed by atoms with Crippen molar-refractivity contribution in [3.8, 4) is 11.5 Å². The third kappa shape index (κ3) is 3.79. The summed E-state index contributed by atoms with van der Waals surface area (Å²) in [5.74, 6) is 1.83. The maximum Gasteiger partial charge on any atom is 0.248 e. The fourth-order valence-corrected chi connectivity index (χ4v) is 2.70. The van der Waals surface area contributed by atoms with E-state index < -0.39 is 0 Å². The van der Waals surface area contributed by atoms with Crippen molar-refractivity contribution in [2.24, 2.45) is 0 Å². The van der Waals surface area contributed by atoms with Gasteiger partial charge >= 0.3 is 0 Å². The minimum Gasteiger partial charge on any atom is -0.489 e. The van der Waals surface area contributed by atoms with Gasteiger partial charge in [-0.15, -0.1) is 0 Å². The summed E-state index contributed by atoms with van der Waals surface area (Å²) < 4.78 is 16.3. The van der Waals surface area contributed by atoms with Gasteiger partial charge in [0.25, 0.3) is 0 Å². The van der Waals surface area contributed by atoms with E-state index in [9.17, 15) is 4.79 Å². The van der Waals surface area contributed by atoms with Crippen molar-refractivity contribution in [1.82, 2.24) is 15.5 Å². The first-order chi connectivity index (χ1) is 11.5. The fraction of sp³-hybridized carbons (Fsp3) is 0.438. The lowest BCUT2D eigenvalue weighted by atomic mass is 10.1. The van der Waals surface area contributed by atoms with Crippen LogP contribution in [0.2, 0.25) is 5.02 Å². The molecule has 0 saturated carbocycles. The Morgan fingerprint density at radius 1 is 1.38 bits per heavy atom. The second-order valence-corrected chi connectivity index (χ2v) is 6.01. The average molecular weight is 352 g/mol. The molecule has 1 N–H and O–H groups in total. The Morgan fingerprint density at radius 3 is 2.92 bits per heavy atom. The monoisotopic (exact) mass is 351 g/mol. The molecule has 1 aliphatic rings. The Balaban J connectivity index is 1.68. The number of amides is 1. The lowest BCUT2D eigenvalue weighted by Crippen LogP contribution is -2.28. The van der Waals surface area contributed by atoms with Crippen molar-refractivity contribution >= 4 is 17.5 Å². The number of ether oxygens (including phenoxy) is 2. The zero-order valence-electron chi connectivity index (χ0n) is 13.5. The van der Waals surface area contributed by atoms with Crippen LogP contribution in [0.1, 0.15) is 36.7 Å². The second kappa shape index (κ2) is 7.09. The molecule has 1 amide bonds. The molecule has 0 fully saturated rings. The van der Waals surface area contributed by atoms with Crippen LogP contribution in [0.5, 0.6) is 11.5 Å². The zero-order valence-corrected chi connectivity index (χ0v) is 14.2. The van der Waals surface area contributed by atoms with E-state index in [-0.39, 0.29) is 18.4 Å². The van der Waals surface area contributed by atoms with Gasteiger partial charge in [0, 0.05) is 6.42 Å². The third-order valence-electron chi connectivity index (χ3n) is 3.52. The molecule has 8 heteroatoms. The van der Waals surface area contributed by atoms with Crippen LogP contribution in [0.15, 0.2) is 16.7 Å². The largest absolute Gasteiger partial charge is 0.489 e. The number of fused-ring (bicyclic) bond motifs is 1.